The minimum Gasteiger partial charge on any atom is -0.365 e. The van der Waals surface area contributed by atoms with Crippen LogP contribution >= 0.6 is 0 Å². The molecular formula is C8H6F10O. The van der Waals surface area contributed by atoms with Crippen LogP contribution in [0.25, 0.3) is 0 Å². The molecule has 19 heavy (non-hydrogen) atoms. The van der Waals surface area contributed by atoms with Crippen molar-refractivity contribution in [3.8, 4) is 0 Å². The molecule has 0 aliphatic heterocycles. The van der Waals surface area contributed by atoms with Crippen LogP contribution in [0.4, 0.5) is 43.9 Å². The fourth-order valence-corrected chi connectivity index (χ4v) is 1.37. The molecule has 11 heteroatoms. The maximum Gasteiger partial charge on any atom is 0.374 e. The second kappa shape index (κ2) is 4.38. The van der Waals surface area contributed by atoms with Gasteiger partial charge in [-0.25, -0.2) is 8.78 Å². The van der Waals surface area contributed by atoms with E-state index in [1.165, 1.54) is 0 Å². The van der Waals surface area contributed by atoms with Gasteiger partial charge < -0.3 is 4.74 Å². The average molecular weight is 308 g/mol. The first kappa shape index (κ1) is 16.3. The molecule has 0 radical (unpaired) electrons. The summed E-state index contributed by atoms with van der Waals surface area (Å²) in [6, 6.07) is 0. The Morgan fingerprint density at radius 2 is 1.53 bits per heavy atom. The van der Waals surface area contributed by atoms with Crippen molar-refractivity contribution in [1.29, 1.82) is 0 Å². The molecule has 0 saturated heterocycles. The van der Waals surface area contributed by atoms with E-state index in [0.29, 0.717) is 0 Å². The smallest absolute Gasteiger partial charge is 0.365 e. The second-order valence-electron chi connectivity index (χ2n) is 3.97. The van der Waals surface area contributed by atoms with E-state index in [1.807, 2.05) is 0 Å². The fraction of sp³-hybridized carbons (Fsp3) is 1.00. The zero-order valence-corrected chi connectivity index (χ0v) is 8.76. The first-order valence-electron chi connectivity index (χ1n) is 4.67. The largest absolute Gasteiger partial charge is 0.374 e. The molecule has 1 rings (SSSR count). The van der Waals surface area contributed by atoms with Crippen molar-refractivity contribution in [2.75, 3.05) is 6.61 Å². The quantitative estimate of drug-likeness (QED) is 0.721. The highest BCUT2D eigenvalue weighted by molar-refractivity contribution is 5.09. The van der Waals surface area contributed by atoms with Crippen LogP contribution in [0.2, 0.25) is 0 Å². The summed E-state index contributed by atoms with van der Waals surface area (Å²) < 4.78 is 128. The van der Waals surface area contributed by atoms with Gasteiger partial charge in [-0.05, 0) is 0 Å². The molecular weight excluding hydrogens is 302 g/mol. The van der Waals surface area contributed by atoms with E-state index in [-0.39, 0.29) is 0 Å². The van der Waals surface area contributed by atoms with Crippen molar-refractivity contribution in [2.24, 2.45) is 0 Å². The Kier molecular flexibility index (Phi) is 3.77. The summed E-state index contributed by atoms with van der Waals surface area (Å²) in [5.41, 5.74) is 0. The van der Waals surface area contributed by atoms with Crippen molar-refractivity contribution < 1.29 is 48.6 Å². The molecule has 1 aliphatic rings. The average Bonchev–Trinajstić information content (AvgIpc) is 2.33. The molecule has 1 atom stereocenters. The third kappa shape index (κ3) is 2.48. The van der Waals surface area contributed by atoms with Crippen LogP contribution in [0.15, 0.2) is 0 Å². The minimum atomic E-state index is -5.80. The first-order chi connectivity index (χ1) is 8.26. The molecule has 0 aromatic rings. The summed E-state index contributed by atoms with van der Waals surface area (Å²) in [6.45, 7) is -2.36. The lowest BCUT2D eigenvalue weighted by atomic mass is 10.2. The van der Waals surface area contributed by atoms with Gasteiger partial charge in [0.05, 0.1) is 6.42 Å². The molecule has 0 bridgehead atoms. The molecule has 0 amide bonds. The summed E-state index contributed by atoms with van der Waals surface area (Å²) in [5.74, 6) is -21.3. The lowest BCUT2D eigenvalue weighted by molar-refractivity contribution is -0.288. The molecule has 1 fully saturated rings. The molecule has 1 unspecified atom stereocenters. The monoisotopic (exact) mass is 308 g/mol. The highest BCUT2D eigenvalue weighted by Crippen LogP contribution is 2.57. The van der Waals surface area contributed by atoms with Crippen LogP contribution in [0.5, 0.6) is 0 Å². The zero-order chi connectivity index (χ0) is 15.3. The maximum atomic E-state index is 12.9. The van der Waals surface area contributed by atoms with E-state index < -0.39 is 49.2 Å². The van der Waals surface area contributed by atoms with Crippen molar-refractivity contribution in [3.63, 3.8) is 0 Å². The van der Waals surface area contributed by atoms with Crippen LogP contribution in [0, 0.1) is 0 Å². The van der Waals surface area contributed by atoms with Gasteiger partial charge >= 0.3 is 30.1 Å². The number of hydrogen-bond acceptors (Lipinski definition) is 1. The highest BCUT2D eigenvalue weighted by atomic mass is 19.3. The first-order valence-corrected chi connectivity index (χ1v) is 4.67. The Labute approximate surface area is 99.1 Å². The molecule has 1 aliphatic carbocycles. The molecule has 0 aromatic heterocycles. The minimum absolute atomic E-state index is 2.24. The van der Waals surface area contributed by atoms with Crippen molar-refractivity contribution >= 4 is 0 Å². The van der Waals surface area contributed by atoms with Crippen molar-refractivity contribution in [2.45, 2.75) is 42.6 Å². The summed E-state index contributed by atoms with van der Waals surface area (Å²) in [7, 11) is 0. The Morgan fingerprint density at radius 1 is 1.05 bits per heavy atom. The van der Waals surface area contributed by atoms with Gasteiger partial charge in [0.25, 0.3) is 0 Å². The topological polar surface area (TPSA) is 9.23 Å². The predicted molar refractivity (Wildman–Crippen MR) is 40.1 cm³/mol. The zero-order valence-electron chi connectivity index (χ0n) is 8.76. The van der Waals surface area contributed by atoms with Crippen LogP contribution in [0.1, 0.15) is 6.42 Å². The summed E-state index contributed by atoms with van der Waals surface area (Å²) in [4.78, 5) is 0. The van der Waals surface area contributed by atoms with Crippen LogP contribution < -0.4 is 0 Å². The molecule has 1 saturated carbocycles. The molecule has 0 spiro atoms. The van der Waals surface area contributed by atoms with Crippen LogP contribution in [0.3, 0.4) is 0 Å². The third-order valence-corrected chi connectivity index (χ3v) is 2.52. The molecule has 114 valence electrons. The molecule has 0 N–H and O–H groups in total. The van der Waals surface area contributed by atoms with E-state index in [4.69, 9.17) is 0 Å². The van der Waals surface area contributed by atoms with E-state index in [1.54, 1.807) is 0 Å². The predicted octanol–water partition coefficient (Wildman–Crippen LogP) is 3.58. The molecule has 0 aromatic carbocycles. The number of alkyl halides is 10. The van der Waals surface area contributed by atoms with Gasteiger partial charge in [-0.2, -0.15) is 35.1 Å². The Balaban J connectivity index is 2.82. The van der Waals surface area contributed by atoms with E-state index in [9.17, 15) is 43.9 Å². The lowest BCUT2D eigenvalue weighted by Gasteiger charge is -2.25. The van der Waals surface area contributed by atoms with Crippen LogP contribution in [-0.4, -0.2) is 42.8 Å². The van der Waals surface area contributed by atoms with Gasteiger partial charge in [0.1, 0.15) is 12.7 Å². The summed E-state index contributed by atoms with van der Waals surface area (Å²) in [5, 5.41) is 0. The maximum absolute atomic E-state index is 12.9. The summed E-state index contributed by atoms with van der Waals surface area (Å²) >= 11 is 0. The molecule has 1 nitrogen and oxygen atoms in total. The second-order valence-corrected chi connectivity index (χ2v) is 3.97. The highest BCUT2D eigenvalue weighted by Gasteiger charge is 2.81. The van der Waals surface area contributed by atoms with E-state index >= 15 is 0 Å². The molecule has 0 heterocycles. The van der Waals surface area contributed by atoms with Gasteiger partial charge in [0.15, 0.2) is 0 Å². The van der Waals surface area contributed by atoms with Crippen molar-refractivity contribution in [3.05, 3.63) is 0 Å². The van der Waals surface area contributed by atoms with Gasteiger partial charge in [-0.1, -0.05) is 0 Å². The van der Waals surface area contributed by atoms with Gasteiger partial charge in [-0.3, -0.25) is 0 Å². The fourth-order valence-electron chi connectivity index (χ4n) is 1.37. The third-order valence-electron chi connectivity index (χ3n) is 2.52. The van der Waals surface area contributed by atoms with Gasteiger partial charge in [0.2, 0.25) is 0 Å². The number of rotatable bonds is 4. The number of ether oxygens (including phenoxy) is 1. The standard InChI is InChI=1S/C8H6F10O/c9-4(10)5(11,12)2-19-3-1-6(13,14)8(17,18)7(3,15)16/h3-4H,1-2H2. The normalized spacial score (nSPS) is 28.9. The van der Waals surface area contributed by atoms with E-state index in [0.717, 1.165) is 0 Å². The van der Waals surface area contributed by atoms with Crippen LogP contribution in [-0.2, 0) is 4.74 Å². The summed E-state index contributed by atoms with van der Waals surface area (Å²) in [6.07, 6.45) is -9.82. The Morgan fingerprint density at radius 3 is 1.84 bits per heavy atom. The van der Waals surface area contributed by atoms with Gasteiger partial charge in [0, 0.05) is 0 Å². The lowest BCUT2D eigenvalue weighted by Crippen LogP contribution is -2.50. The Hall–Kier alpha value is -0.740. The Bertz CT molecular complexity index is 338. The van der Waals surface area contributed by atoms with Crippen molar-refractivity contribution in [1.82, 2.24) is 0 Å². The van der Waals surface area contributed by atoms with E-state index in [2.05, 4.69) is 4.74 Å². The number of halogens is 10. The SMILES string of the molecule is FC(F)C(F)(F)COC1CC(F)(F)C(F)(F)C1(F)F. The van der Waals surface area contributed by atoms with Gasteiger partial charge in [-0.15, -0.1) is 0 Å². The number of hydrogen-bond donors (Lipinski definition) is 0.